The van der Waals surface area contributed by atoms with E-state index in [-0.39, 0.29) is 29.3 Å². The van der Waals surface area contributed by atoms with Gasteiger partial charge >= 0.3 is 12.0 Å². The summed E-state index contributed by atoms with van der Waals surface area (Å²) in [7, 11) is 0. The third kappa shape index (κ3) is 6.69. The zero-order chi connectivity index (χ0) is 28.2. The molecule has 0 fully saturated rings. The van der Waals surface area contributed by atoms with Gasteiger partial charge in [0.05, 0.1) is 29.2 Å². The Labute approximate surface area is 225 Å². The van der Waals surface area contributed by atoms with Crippen LogP contribution in [-0.4, -0.2) is 33.4 Å². The number of hydrogen-bond acceptors (Lipinski definition) is 7. The maximum atomic E-state index is 14.8. The lowest BCUT2D eigenvalue weighted by Crippen LogP contribution is -2.22. The highest BCUT2D eigenvalue weighted by molar-refractivity contribution is 5.99. The van der Waals surface area contributed by atoms with E-state index in [1.54, 1.807) is 43.3 Å². The van der Waals surface area contributed by atoms with Crippen LogP contribution in [-0.2, 0) is 10.2 Å². The molecule has 202 valence electrons. The summed E-state index contributed by atoms with van der Waals surface area (Å²) in [6.45, 7) is 7.92. The number of urea groups is 1. The highest BCUT2D eigenvalue weighted by Crippen LogP contribution is 2.28. The number of ether oxygens (including phenoxy) is 2. The standard InChI is InChI=1S/C28H29FN6O4/c1-5-38-26(36)17-7-6-8-18(13-17)35-25(16-23(34-35)28(2,3)4)33-27(37)32-22-10-9-19(14-21(22)29)39-20-11-12-31-24(30)15-20/h6-16H,5H2,1-4H3,(H2,30,31)(H2,32,33,37). The van der Waals surface area contributed by atoms with Crippen molar-refractivity contribution in [2.24, 2.45) is 0 Å². The van der Waals surface area contributed by atoms with Gasteiger partial charge in [0.25, 0.3) is 0 Å². The minimum atomic E-state index is -0.698. The number of pyridine rings is 1. The molecule has 4 rings (SSSR count). The summed E-state index contributed by atoms with van der Waals surface area (Å²) < 4.78 is 27.0. The van der Waals surface area contributed by atoms with Crippen LogP contribution in [0.3, 0.4) is 0 Å². The molecule has 0 aliphatic carbocycles. The molecular formula is C28H29FN6O4. The van der Waals surface area contributed by atoms with E-state index in [4.69, 9.17) is 15.2 Å². The highest BCUT2D eigenvalue weighted by Gasteiger charge is 2.22. The molecule has 2 amide bonds. The van der Waals surface area contributed by atoms with E-state index in [1.807, 2.05) is 20.8 Å². The lowest BCUT2D eigenvalue weighted by molar-refractivity contribution is 0.0526. The molecule has 4 aromatic rings. The molecule has 0 bridgehead atoms. The first-order valence-electron chi connectivity index (χ1n) is 12.2. The first-order chi connectivity index (χ1) is 18.5. The number of benzene rings is 2. The fraction of sp³-hybridized carbons (Fsp3) is 0.214. The Morgan fingerprint density at radius 3 is 2.49 bits per heavy atom. The molecular weight excluding hydrogens is 503 g/mol. The third-order valence-corrected chi connectivity index (χ3v) is 5.50. The van der Waals surface area contributed by atoms with Crippen molar-refractivity contribution in [3.8, 4) is 17.2 Å². The second-order valence-electron chi connectivity index (χ2n) is 9.59. The van der Waals surface area contributed by atoms with Crippen LogP contribution < -0.4 is 21.1 Å². The number of carbonyl (C=O) groups excluding carboxylic acids is 2. The summed E-state index contributed by atoms with van der Waals surface area (Å²) in [5, 5.41) is 9.88. The Kier molecular flexibility index (Phi) is 7.80. The number of nitrogens with two attached hydrogens (primary N) is 1. The Hall–Kier alpha value is -4.93. The number of anilines is 3. The molecule has 0 aliphatic heterocycles. The lowest BCUT2D eigenvalue weighted by atomic mass is 9.92. The summed E-state index contributed by atoms with van der Waals surface area (Å²) in [5.41, 5.74) is 6.83. The number of nitrogens with one attached hydrogen (secondary N) is 2. The maximum absolute atomic E-state index is 14.8. The van der Waals surface area contributed by atoms with E-state index >= 15 is 0 Å². The van der Waals surface area contributed by atoms with Crippen molar-refractivity contribution in [1.82, 2.24) is 14.8 Å². The van der Waals surface area contributed by atoms with Gasteiger partial charge in [-0.15, -0.1) is 0 Å². The highest BCUT2D eigenvalue weighted by atomic mass is 19.1. The molecule has 0 saturated heterocycles. The average molecular weight is 533 g/mol. The summed E-state index contributed by atoms with van der Waals surface area (Å²) in [5.74, 6) is 0.0491. The predicted molar refractivity (Wildman–Crippen MR) is 146 cm³/mol. The smallest absolute Gasteiger partial charge is 0.338 e. The normalized spacial score (nSPS) is 11.1. The van der Waals surface area contributed by atoms with Gasteiger partial charge in [0, 0.05) is 29.8 Å². The van der Waals surface area contributed by atoms with Gasteiger partial charge in [0.15, 0.2) is 0 Å². The number of amides is 2. The number of carbonyl (C=O) groups is 2. The molecule has 0 atom stereocenters. The number of hydrogen-bond donors (Lipinski definition) is 3. The summed E-state index contributed by atoms with van der Waals surface area (Å²) >= 11 is 0. The van der Waals surface area contributed by atoms with Crippen molar-refractivity contribution >= 4 is 29.3 Å². The van der Waals surface area contributed by atoms with Crippen molar-refractivity contribution in [3.05, 3.63) is 83.9 Å². The molecule has 2 aromatic heterocycles. The van der Waals surface area contributed by atoms with E-state index in [2.05, 4.69) is 20.7 Å². The van der Waals surface area contributed by atoms with Crippen molar-refractivity contribution in [2.75, 3.05) is 23.0 Å². The predicted octanol–water partition coefficient (Wildman–Crippen LogP) is 5.90. The SMILES string of the molecule is CCOC(=O)c1cccc(-n2nc(C(C)(C)C)cc2NC(=O)Nc2ccc(Oc3ccnc(N)c3)cc2F)c1. The fourth-order valence-electron chi connectivity index (χ4n) is 3.57. The number of halogens is 1. The summed E-state index contributed by atoms with van der Waals surface area (Å²) in [6.07, 6.45) is 1.48. The van der Waals surface area contributed by atoms with Gasteiger partial charge in [0.1, 0.15) is 29.0 Å². The zero-order valence-electron chi connectivity index (χ0n) is 22.0. The van der Waals surface area contributed by atoms with E-state index in [0.29, 0.717) is 28.5 Å². The molecule has 0 unspecified atom stereocenters. The molecule has 2 heterocycles. The molecule has 0 saturated carbocycles. The Bertz CT molecular complexity index is 1510. The molecule has 0 spiro atoms. The molecule has 10 nitrogen and oxygen atoms in total. The third-order valence-electron chi connectivity index (χ3n) is 5.50. The summed E-state index contributed by atoms with van der Waals surface area (Å²) in [4.78, 5) is 29.0. The van der Waals surface area contributed by atoms with Crippen LogP contribution >= 0.6 is 0 Å². The van der Waals surface area contributed by atoms with Crippen LogP contribution in [0.4, 0.5) is 26.5 Å². The maximum Gasteiger partial charge on any atom is 0.338 e. The number of nitrogen functional groups attached to an aromatic ring is 1. The number of nitrogens with zero attached hydrogens (tertiary/aromatic N) is 3. The molecule has 2 aromatic carbocycles. The average Bonchev–Trinajstić information content (AvgIpc) is 3.30. The van der Waals surface area contributed by atoms with Crippen molar-refractivity contribution in [3.63, 3.8) is 0 Å². The van der Waals surface area contributed by atoms with Crippen LogP contribution in [0.1, 0.15) is 43.7 Å². The Morgan fingerprint density at radius 1 is 1.03 bits per heavy atom. The first-order valence-corrected chi connectivity index (χ1v) is 12.2. The molecule has 4 N–H and O–H groups in total. The second-order valence-corrected chi connectivity index (χ2v) is 9.59. The first kappa shape index (κ1) is 27.1. The van der Waals surface area contributed by atoms with Crippen LogP contribution in [0.15, 0.2) is 66.9 Å². The minimum Gasteiger partial charge on any atom is -0.462 e. The van der Waals surface area contributed by atoms with E-state index in [1.165, 1.54) is 29.1 Å². The van der Waals surface area contributed by atoms with Crippen molar-refractivity contribution in [1.29, 1.82) is 0 Å². The number of rotatable bonds is 7. The van der Waals surface area contributed by atoms with Gasteiger partial charge in [-0.05, 0) is 43.3 Å². The van der Waals surface area contributed by atoms with Crippen molar-refractivity contribution in [2.45, 2.75) is 33.1 Å². The van der Waals surface area contributed by atoms with Gasteiger partial charge in [-0.2, -0.15) is 5.10 Å². The minimum absolute atomic E-state index is 0.0551. The second kappa shape index (κ2) is 11.2. The van der Waals surface area contributed by atoms with Crippen molar-refractivity contribution < 1.29 is 23.5 Å². The lowest BCUT2D eigenvalue weighted by Gasteiger charge is -2.14. The van der Waals surface area contributed by atoms with Crippen LogP contribution in [0.5, 0.6) is 11.5 Å². The van der Waals surface area contributed by atoms with E-state index in [0.717, 1.165) is 6.07 Å². The quantitative estimate of drug-likeness (QED) is 0.252. The van der Waals surface area contributed by atoms with Gasteiger partial charge in [-0.3, -0.25) is 5.32 Å². The van der Waals surface area contributed by atoms with Gasteiger partial charge < -0.3 is 20.5 Å². The zero-order valence-corrected chi connectivity index (χ0v) is 22.0. The van der Waals surface area contributed by atoms with Crippen LogP contribution in [0.25, 0.3) is 5.69 Å². The molecule has 39 heavy (non-hydrogen) atoms. The Balaban J connectivity index is 1.55. The largest absolute Gasteiger partial charge is 0.462 e. The Morgan fingerprint density at radius 2 is 1.79 bits per heavy atom. The van der Waals surface area contributed by atoms with Gasteiger partial charge in [-0.1, -0.05) is 26.8 Å². The van der Waals surface area contributed by atoms with E-state index < -0.39 is 17.8 Å². The molecule has 0 radical (unpaired) electrons. The van der Waals surface area contributed by atoms with Gasteiger partial charge in [-0.25, -0.2) is 23.6 Å². The monoisotopic (exact) mass is 532 g/mol. The summed E-state index contributed by atoms with van der Waals surface area (Å²) in [6, 6.07) is 14.9. The molecule has 0 aliphatic rings. The van der Waals surface area contributed by atoms with Crippen LogP contribution in [0.2, 0.25) is 0 Å². The van der Waals surface area contributed by atoms with Gasteiger partial charge in [0.2, 0.25) is 0 Å². The van der Waals surface area contributed by atoms with Crippen LogP contribution in [0, 0.1) is 5.82 Å². The topological polar surface area (TPSA) is 133 Å². The number of esters is 1. The van der Waals surface area contributed by atoms with E-state index in [9.17, 15) is 14.0 Å². The fourth-order valence-corrected chi connectivity index (χ4v) is 3.57. The molecule has 11 heteroatoms. The number of aromatic nitrogens is 3.